The molecule has 0 aliphatic rings. The number of aliphatic hydroxyl groups is 1. The largest absolute Gasteiger partial charge is 0.497 e. The number of carbonyl (C=O) groups excluding carboxylic acids is 1. The molecule has 0 radical (unpaired) electrons. The Morgan fingerprint density at radius 1 is 1.17 bits per heavy atom. The van der Waals surface area contributed by atoms with Crippen molar-refractivity contribution in [2.45, 2.75) is 73.6 Å². The van der Waals surface area contributed by atoms with E-state index in [9.17, 15) is 9.59 Å². The van der Waals surface area contributed by atoms with Gasteiger partial charge in [-0.05, 0) is 51.0 Å². The number of aliphatic carboxylic acids is 1. The van der Waals surface area contributed by atoms with Crippen molar-refractivity contribution in [2.75, 3.05) is 13.7 Å². The lowest BCUT2D eigenvalue weighted by Crippen LogP contribution is -2.13. The molecule has 35 heavy (non-hydrogen) atoms. The smallest absolute Gasteiger partial charge is 0.307 e. The molecular weight excluding hydrogens is 442 g/mol. The maximum Gasteiger partial charge on any atom is 0.307 e. The first kappa shape index (κ1) is 34.0. The van der Waals surface area contributed by atoms with E-state index in [0.717, 1.165) is 28.6 Å². The van der Waals surface area contributed by atoms with Gasteiger partial charge >= 0.3 is 5.97 Å². The quantitative estimate of drug-likeness (QED) is 0.170. The van der Waals surface area contributed by atoms with Crippen LogP contribution in [0.5, 0.6) is 0 Å². The molecule has 2 N–H and O–H groups in total. The molecule has 0 spiro atoms. The van der Waals surface area contributed by atoms with Gasteiger partial charge in [0.1, 0.15) is 5.76 Å². The van der Waals surface area contributed by atoms with E-state index in [2.05, 4.69) is 24.8 Å². The summed E-state index contributed by atoms with van der Waals surface area (Å²) < 4.78 is 6.22. The zero-order chi connectivity index (χ0) is 27.4. The number of unbranched alkanes of at least 4 members (excludes halogenated alkanes) is 3. The predicted molar refractivity (Wildman–Crippen MR) is 147 cm³/mol. The summed E-state index contributed by atoms with van der Waals surface area (Å²) in [6, 6.07) is 7.28. The number of aliphatic hydroxyl groups excluding tert-OH is 1. The number of benzene rings is 1. The van der Waals surface area contributed by atoms with Crippen molar-refractivity contribution in [3.8, 4) is 0 Å². The number of hydrogen-bond donors (Lipinski definition) is 2. The highest BCUT2D eigenvalue weighted by molar-refractivity contribution is 6.03. The first-order valence-corrected chi connectivity index (χ1v) is 12.1. The number of nitrogens with zero attached hydrogens (tertiary/aromatic N) is 1. The number of fused-ring (bicyclic) bond motifs is 1. The minimum atomic E-state index is -0.876. The third kappa shape index (κ3) is 12.8. The Balaban J connectivity index is 0. The summed E-state index contributed by atoms with van der Waals surface area (Å²) in [7, 11) is 1.56. The average Bonchev–Trinajstić information content (AvgIpc) is 3.21. The molecule has 1 aromatic heterocycles. The normalized spacial score (nSPS) is 10.0. The standard InChI is InChI=1S/C16H17NO3.C6H14O.C5H8O.C2H6/c1-4-10(2)16(20)17-11(3)8-13-12(9-15(18)19)6-5-7-14(13)17;1-2-3-4-5-6-7;1-4-5(2)6-3;1-2/h4-8H,9H2,1-3H3,(H,18,19);7H,2-6H2,1H3;4H,1-2H2,3H3;1-2H3/b10-4+;;;. The number of aryl methyl sites for hydroxylation is 1. The van der Waals surface area contributed by atoms with Gasteiger partial charge in [0, 0.05) is 23.3 Å². The van der Waals surface area contributed by atoms with Crippen LogP contribution in [0, 0.1) is 6.92 Å². The van der Waals surface area contributed by atoms with Crippen LogP contribution in [0.4, 0.5) is 0 Å². The van der Waals surface area contributed by atoms with Gasteiger partial charge in [-0.3, -0.25) is 14.2 Å². The molecule has 0 saturated carbocycles. The Hall–Kier alpha value is -3.12. The van der Waals surface area contributed by atoms with E-state index >= 15 is 0 Å². The van der Waals surface area contributed by atoms with Crippen molar-refractivity contribution in [1.29, 1.82) is 0 Å². The second kappa shape index (κ2) is 20.3. The number of aromatic nitrogens is 1. The van der Waals surface area contributed by atoms with Gasteiger partial charge in [0.05, 0.1) is 19.0 Å². The Labute approximate surface area is 211 Å². The van der Waals surface area contributed by atoms with Crippen molar-refractivity contribution in [3.05, 3.63) is 72.2 Å². The van der Waals surface area contributed by atoms with Gasteiger partial charge in [-0.2, -0.15) is 0 Å². The number of rotatable bonds is 9. The fourth-order valence-electron chi connectivity index (χ4n) is 2.93. The molecule has 1 heterocycles. The monoisotopic (exact) mass is 487 g/mol. The Kier molecular flexibility index (Phi) is 19.7. The first-order valence-electron chi connectivity index (χ1n) is 12.1. The van der Waals surface area contributed by atoms with Crippen molar-refractivity contribution in [3.63, 3.8) is 0 Å². The lowest BCUT2D eigenvalue weighted by atomic mass is 10.1. The second-order valence-electron chi connectivity index (χ2n) is 7.48. The SMILES string of the molecule is C/C=C(\C)C(=O)n1c(C)cc2c(CC(=O)O)cccc21.C=CC(=C)OC.CC.CCCCCCO. The lowest BCUT2D eigenvalue weighted by Gasteiger charge is -2.07. The third-order valence-electron chi connectivity index (χ3n) is 4.94. The maximum absolute atomic E-state index is 12.4. The molecular formula is C29H45NO5. The fourth-order valence-corrected chi connectivity index (χ4v) is 2.93. The first-order chi connectivity index (χ1) is 16.7. The van der Waals surface area contributed by atoms with Crippen LogP contribution in [0.1, 0.15) is 76.4 Å². The number of hydrogen-bond acceptors (Lipinski definition) is 4. The number of ether oxygens (including phenoxy) is 1. The molecule has 2 aromatic rings. The van der Waals surface area contributed by atoms with Gasteiger partial charge in [-0.15, -0.1) is 0 Å². The maximum atomic E-state index is 12.4. The van der Waals surface area contributed by atoms with Gasteiger partial charge in [-0.1, -0.05) is 71.4 Å². The molecule has 0 amide bonds. The number of carboxylic acids is 1. The molecule has 196 valence electrons. The Bertz CT molecular complexity index is 949. The fraction of sp³-hybridized carbons (Fsp3) is 0.448. The molecule has 0 bridgehead atoms. The molecule has 0 aliphatic carbocycles. The van der Waals surface area contributed by atoms with E-state index in [1.807, 2.05) is 39.8 Å². The predicted octanol–water partition coefficient (Wildman–Crippen LogP) is 7.10. The van der Waals surface area contributed by atoms with Crippen molar-refractivity contribution in [2.24, 2.45) is 0 Å². The van der Waals surface area contributed by atoms with Gasteiger partial charge in [0.25, 0.3) is 5.91 Å². The van der Waals surface area contributed by atoms with Gasteiger partial charge in [0.15, 0.2) is 0 Å². The van der Waals surface area contributed by atoms with Gasteiger partial charge < -0.3 is 14.9 Å². The Morgan fingerprint density at radius 3 is 2.23 bits per heavy atom. The summed E-state index contributed by atoms with van der Waals surface area (Å²) in [6.07, 6.45) is 7.97. The molecule has 0 unspecified atom stereocenters. The summed E-state index contributed by atoms with van der Waals surface area (Å²) in [5.74, 6) is -0.346. The van der Waals surface area contributed by atoms with Crippen LogP contribution in [0.15, 0.2) is 60.9 Å². The molecule has 0 fully saturated rings. The second-order valence-corrected chi connectivity index (χ2v) is 7.48. The average molecular weight is 488 g/mol. The zero-order valence-electron chi connectivity index (χ0n) is 22.7. The van der Waals surface area contributed by atoms with Crippen molar-refractivity contribution < 1.29 is 24.5 Å². The third-order valence-corrected chi connectivity index (χ3v) is 4.94. The van der Waals surface area contributed by atoms with E-state index in [0.29, 0.717) is 17.9 Å². The number of allylic oxidation sites excluding steroid dienone is 3. The molecule has 6 nitrogen and oxygen atoms in total. The minimum absolute atomic E-state index is 0.0441. The lowest BCUT2D eigenvalue weighted by molar-refractivity contribution is -0.136. The van der Waals surface area contributed by atoms with E-state index in [1.165, 1.54) is 19.3 Å². The summed E-state index contributed by atoms with van der Waals surface area (Å²) in [5.41, 5.74) is 2.95. The molecule has 1 aromatic carbocycles. The highest BCUT2D eigenvalue weighted by atomic mass is 16.5. The van der Waals surface area contributed by atoms with E-state index in [4.69, 9.17) is 10.2 Å². The van der Waals surface area contributed by atoms with Crippen LogP contribution in [-0.4, -0.2) is 40.4 Å². The van der Waals surface area contributed by atoms with Crippen LogP contribution in [0.3, 0.4) is 0 Å². The molecule has 0 aliphatic heterocycles. The van der Waals surface area contributed by atoms with Crippen LogP contribution in [0.25, 0.3) is 10.9 Å². The van der Waals surface area contributed by atoms with Crippen LogP contribution in [-0.2, 0) is 16.0 Å². The van der Waals surface area contributed by atoms with Crippen molar-refractivity contribution >= 4 is 22.8 Å². The van der Waals surface area contributed by atoms with Crippen molar-refractivity contribution in [1.82, 2.24) is 4.57 Å². The summed E-state index contributed by atoms with van der Waals surface area (Å²) in [4.78, 5) is 23.3. The molecule has 0 saturated heterocycles. The number of methoxy groups -OCH3 is 1. The Morgan fingerprint density at radius 2 is 1.80 bits per heavy atom. The van der Waals surface area contributed by atoms with Crippen LogP contribution in [0.2, 0.25) is 0 Å². The molecule has 2 rings (SSSR count). The minimum Gasteiger partial charge on any atom is -0.497 e. The van der Waals surface area contributed by atoms with E-state index in [-0.39, 0.29) is 12.3 Å². The topological polar surface area (TPSA) is 88.8 Å². The van der Waals surface area contributed by atoms with Crippen LogP contribution < -0.4 is 0 Å². The number of carbonyl (C=O) groups is 2. The van der Waals surface area contributed by atoms with Crippen LogP contribution >= 0.6 is 0 Å². The molecule has 6 heteroatoms. The van der Waals surface area contributed by atoms with E-state index < -0.39 is 5.97 Å². The van der Waals surface area contributed by atoms with Gasteiger partial charge in [0.2, 0.25) is 0 Å². The highest BCUT2D eigenvalue weighted by Gasteiger charge is 2.16. The summed E-state index contributed by atoms with van der Waals surface area (Å²) >= 11 is 0. The van der Waals surface area contributed by atoms with E-state index in [1.54, 1.807) is 42.9 Å². The summed E-state index contributed by atoms with van der Waals surface area (Å²) in [6.45, 7) is 18.8. The molecule has 0 atom stereocenters. The van der Waals surface area contributed by atoms with Gasteiger partial charge in [-0.25, -0.2) is 0 Å². The number of carboxylic acid groups (broad SMARTS) is 1. The summed E-state index contributed by atoms with van der Waals surface area (Å²) in [5, 5.41) is 18.1. The highest BCUT2D eigenvalue weighted by Crippen LogP contribution is 2.24. The zero-order valence-corrected chi connectivity index (χ0v) is 22.7.